The average Bonchev–Trinajstić information content (AvgIpc) is 2.97. The number of aromatic amines is 1. The van der Waals surface area contributed by atoms with Crippen LogP contribution in [0.2, 0.25) is 0 Å². The second kappa shape index (κ2) is 11.0. The second-order valence-electron chi connectivity index (χ2n) is 12.1. The number of aromatic nitrogens is 2. The molecule has 11 heteroatoms. The minimum atomic E-state index is -0.525. The van der Waals surface area contributed by atoms with Crippen molar-refractivity contribution in [2.45, 2.75) is 33.6 Å². The van der Waals surface area contributed by atoms with Gasteiger partial charge in [0.1, 0.15) is 17.9 Å². The molecule has 2 amide bonds. The molecule has 0 unspecified atom stereocenters. The second-order valence-corrected chi connectivity index (χ2v) is 12.1. The maximum absolute atomic E-state index is 13.3. The molecule has 42 heavy (non-hydrogen) atoms. The van der Waals surface area contributed by atoms with Crippen molar-refractivity contribution in [1.29, 1.82) is 0 Å². The minimum Gasteiger partial charge on any atom is -0.474 e. The Kier molecular flexibility index (Phi) is 7.26. The van der Waals surface area contributed by atoms with Gasteiger partial charge in [-0.05, 0) is 55.5 Å². The highest BCUT2D eigenvalue weighted by atomic mass is 16.5. The molecule has 0 radical (unpaired) electrons. The van der Waals surface area contributed by atoms with E-state index in [-0.39, 0.29) is 16.9 Å². The summed E-state index contributed by atoms with van der Waals surface area (Å²) in [5, 5.41) is 9.35. The summed E-state index contributed by atoms with van der Waals surface area (Å²) < 4.78 is 5.60. The summed E-state index contributed by atoms with van der Waals surface area (Å²) >= 11 is 0. The third kappa shape index (κ3) is 5.50. The molecular weight excluding hydrogens is 534 g/mol. The van der Waals surface area contributed by atoms with Gasteiger partial charge in [-0.2, -0.15) is 0 Å². The lowest BCUT2D eigenvalue weighted by molar-refractivity contribution is -0.142. The van der Waals surface area contributed by atoms with E-state index in [1.54, 1.807) is 12.3 Å². The molecule has 1 saturated heterocycles. The van der Waals surface area contributed by atoms with E-state index in [9.17, 15) is 14.4 Å². The third-order valence-corrected chi connectivity index (χ3v) is 8.43. The molecular formula is C31H37N7O4. The van der Waals surface area contributed by atoms with Gasteiger partial charge in [0.2, 0.25) is 11.8 Å². The first-order valence-corrected chi connectivity index (χ1v) is 14.5. The fraction of sp³-hybridized carbons (Fsp3) is 0.419. The van der Waals surface area contributed by atoms with Crippen LogP contribution in [-0.2, 0) is 4.79 Å². The number of pyridine rings is 2. The summed E-state index contributed by atoms with van der Waals surface area (Å²) in [5.41, 5.74) is 4.05. The number of anilines is 5. The highest BCUT2D eigenvalue weighted by Gasteiger charge is 2.42. The first kappa shape index (κ1) is 27.6. The number of hydrogen-bond acceptors (Lipinski definition) is 8. The van der Waals surface area contributed by atoms with Crippen LogP contribution in [0, 0.1) is 18.3 Å². The highest BCUT2D eigenvalue weighted by Crippen LogP contribution is 2.45. The number of ether oxygens (including phenoxy) is 1. The first-order chi connectivity index (χ1) is 20.2. The summed E-state index contributed by atoms with van der Waals surface area (Å²) in [6, 6.07) is 9.21. The SMILES string of the molecule is Cc1c(Nc2cc[nH]c(=O)c2C(=O)Nc2ccc(N3CCN(C(=O)C4CC(C)(C)C4)CC3)cc2)cnc2c1NCCO2. The Morgan fingerprint density at radius 3 is 2.50 bits per heavy atom. The summed E-state index contributed by atoms with van der Waals surface area (Å²) in [6.45, 7) is 10.5. The molecule has 4 N–H and O–H groups in total. The predicted octanol–water partition coefficient (Wildman–Crippen LogP) is 3.96. The molecule has 2 aromatic heterocycles. The fourth-order valence-electron chi connectivity index (χ4n) is 6.14. The maximum atomic E-state index is 13.3. The van der Waals surface area contributed by atoms with Crippen LogP contribution in [0.3, 0.4) is 0 Å². The molecule has 0 spiro atoms. The van der Waals surface area contributed by atoms with Crippen LogP contribution in [0.25, 0.3) is 0 Å². The number of hydrogen-bond donors (Lipinski definition) is 4. The molecule has 1 aromatic carbocycles. The molecule has 0 atom stereocenters. The van der Waals surface area contributed by atoms with Gasteiger partial charge in [0, 0.05) is 61.8 Å². The first-order valence-electron chi connectivity index (χ1n) is 14.5. The van der Waals surface area contributed by atoms with Crippen LogP contribution in [-0.4, -0.2) is 66.0 Å². The highest BCUT2D eigenvalue weighted by molar-refractivity contribution is 6.08. The number of nitrogens with one attached hydrogen (secondary N) is 4. The van der Waals surface area contributed by atoms with Crippen LogP contribution in [0.5, 0.6) is 5.88 Å². The van der Waals surface area contributed by atoms with Crippen LogP contribution < -0.4 is 31.1 Å². The quantitative estimate of drug-likeness (QED) is 0.350. The molecule has 1 saturated carbocycles. The van der Waals surface area contributed by atoms with E-state index < -0.39 is 11.5 Å². The lowest BCUT2D eigenvalue weighted by Crippen LogP contribution is -2.53. The van der Waals surface area contributed by atoms with Crippen molar-refractivity contribution in [2.75, 3.05) is 60.2 Å². The number of benzene rings is 1. The van der Waals surface area contributed by atoms with Gasteiger partial charge in [0.25, 0.3) is 11.5 Å². The monoisotopic (exact) mass is 571 g/mol. The number of carbonyl (C=O) groups is 2. The molecule has 220 valence electrons. The lowest BCUT2D eigenvalue weighted by atomic mass is 9.64. The molecule has 11 nitrogen and oxygen atoms in total. The maximum Gasteiger partial charge on any atom is 0.263 e. The van der Waals surface area contributed by atoms with Gasteiger partial charge in [-0.25, -0.2) is 4.98 Å². The van der Waals surface area contributed by atoms with Crippen molar-refractivity contribution in [1.82, 2.24) is 14.9 Å². The van der Waals surface area contributed by atoms with Gasteiger partial charge in [-0.3, -0.25) is 14.4 Å². The van der Waals surface area contributed by atoms with Crippen LogP contribution in [0.15, 0.2) is 47.5 Å². The van der Waals surface area contributed by atoms with Gasteiger partial charge in [0.05, 0.1) is 17.6 Å². The van der Waals surface area contributed by atoms with Crippen molar-refractivity contribution in [2.24, 2.45) is 11.3 Å². The number of amides is 2. The summed E-state index contributed by atoms with van der Waals surface area (Å²) in [5.74, 6) is 0.473. The van der Waals surface area contributed by atoms with E-state index in [1.807, 2.05) is 36.1 Å². The zero-order chi connectivity index (χ0) is 29.4. The molecule has 0 bridgehead atoms. The largest absolute Gasteiger partial charge is 0.474 e. The smallest absolute Gasteiger partial charge is 0.263 e. The van der Waals surface area contributed by atoms with E-state index in [0.717, 1.165) is 42.9 Å². The van der Waals surface area contributed by atoms with Crippen LogP contribution in [0.4, 0.5) is 28.4 Å². The van der Waals surface area contributed by atoms with Crippen molar-refractivity contribution < 1.29 is 14.3 Å². The summed E-state index contributed by atoms with van der Waals surface area (Å²) in [6.07, 6.45) is 5.08. The van der Waals surface area contributed by atoms with Gasteiger partial charge in [-0.15, -0.1) is 0 Å². The summed E-state index contributed by atoms with van der Waals surface area (Å²) in [4.78, 5) is 50.1. The van der Waals surface area contributed by atoms with Crippen molar-refractivity contribution in [3.8, 4) is 5.88 Å². The number of fused-ring (bicyclic) bond motifs is 1. The van der Waals surface area contributed by atoms with Gasteiger partial charge < -0.3 is 35.5 Å². The number of carbonyl (C=O) groups excluding carboxylic acids is 2. The predicted molar refractivity (Wildman–Crippen MR) is 163 cm³/mol. The van der Waals surface area contributed by atoms with Gasteiger partial charge >= 0.3 is 0 Å². The Balaban J connectivity index is 1.10. The average molecular weight is 572 g/mol. The van der Waals surface area contributed by atoms with Crippen molar-refractivity contribution in [3.05, 3.63) is 64.2 Å². The van der Waals surface area contributed by atoms with E-state index in [4.69, 9.17) is 4.74 Å². The van der Waals surface area contributed by atoms with Crippen LogP contribution >= 0.6 is 0 Å². The minimum absolute atomic E-state index is 0.0291. The lowest BCUT2D eigenvalue weighted by Gasteiger charge is -2.45. The normalized spacial score (nSPS) is 17.8. The molecule has 6 rings (SSSR count). The van der Waals surface area contributed by atoms with E-state index in [2.05, 4.69) is 44.7 Å². The van der Waals surface area contributed by atoms with E-state index in [0.29, 0.717) is 55.1 Å². The Morgan fingerprint density at radius 2 is 1.79 bits per heavy atom. The Morgan fingerprint density at radius 1 is 1.05 bits per heavy atom. The number of H-pyrrole nitrogens is 1. The molecule has 1 aliphatic carbocycles. The van der Waals surface area contributed by atoms with Crippen molar-refractivity contribution >= 4 is 40.3 Å². The zero-order valence-corrected chi connectivity index (χ0v) is 24.3. The van der Waals surface area contributed by atoms with Gasteiger partial charge in [0.15, 0.2) is 0 Å². The number of nitrogens with zero attached hydrogens (tertiary/aromatic N) is 3. The van der Waals surface area contributed by atoms with Crippen LogP contribution in [0.1, 0.15) is 42.6 Å². The van der Waals surface area contributed by atoms with Gasteiger partial charge in [-0.1, -0.05) is 13.8 Å². The Hall–Kier alpha value is -4.54. The Bertz CT molecular complexity index is 1550. The van der Waals surface area contributed by atoms with E-state index >= 15 is 0 Å². The fourth-order valence-corrected chi connectivity index (χ4v) is 6.14. The molecule has 3 aliphatic rings. The molecule has 4 heterocycles. The Labute approximate surface area is 244 Å². The van der Waals surface area contributed by atoms with E-state index in [1.165, 1.54) is 6.20 Å². The standard InChI is InChI=1S/C31H37N7O4/c1-19-24(18-34-29-26(19)32-10-15-42-29)36-23-8-9-33-27(39)25(23)28(40)35-21-4-6-22(7-5-21)37-11-13-38(14-12-37)30(41)20-16-31(2,3)17-20/h4-9,18,20,32H,10-17H2,1-3H3,(H,35,40)(H2,33,36,39). The van der Waals surface area contributed by atoms with Crippen molar-refractivity contribution in [3.63, 3.8) is 0 Å². The number of rotatable bonds is 6. The summed E-state index contributed by atoms with van der Waals surface area (Å²) in [7, 11) is 0. The topological polar surface area (TPSA) is 132 Å². The third-order valence-electron chi connectivity index (χ3n) is 8.43. The molecule has 2 fully saturated rings. The zero-order valence-electron chi connectivity index (χ0n) is 24.3. The number of piperazine rings is 1. The molecule has 3 aromatic rings. The molecule has 2 aliphatic heterocycles.